The number of carbonyl (C=O) groups excluding carboxylic acids is 11. The van der Waals surface area contributed by atoms with Crippen molar-refractivity contribution in [3.63, 3.8) is 0 Å². The second-order valence-corrected chi connectivity index (χ2v) is 31.9. The summed E-state index contributed by atoms with van der Waals surface area (Å²) in [5.41, 5.74) is 6.42. The Hall–Kier alpha value is -10.6. The Labute approximate surface area is 676 Å². The number of aryl methyl sites for hydroxylation is 1. The van der Waals surface area contributed by atoms with Crippen LogP contribution < -0.4 is 58.7 Å². The Bertz CT molecular complexity index is 3870. The predicted molar refractivity (Wildman–Crippen MR) is 420 cm³/mol. The number of esters is 1. The first-order chi connectivity index (χ1) is 54.5. The number of nitrogens with one attached hydrogen (secondary N) is 11. The van der Waals surface area contributed by atoms with Gasteiger partial charge in [-0.15, -0.1) is 11.3 Å². The number of hydrogen-bond donors (Lipinski definition) is 17. The number of carboxylic acids is 5. The normalized spacial score (nSPS) is 16.5. The Morgan fingerprint density at radius 2 is 1.37 bits per heavy atom. The highest BCUT2D eigenvalue weighted by molar-refractivity contribution is 8.76. The van der Waals surface area contributed by atoms with Gasteiger partial charge in [0.15, 0.2) is 6.73 Å². The molecule has 1 unspecified atom stereocenters. The topological polar surface area (TPSA) is 565 Å². The molecule has 1 aliphatic heterocycles. The van der Waals surface area contributed by atoms with E-state index in [0.717, 1.165) is 19.4 Å². The number of likely N-dealkylation sites (tertiary alicyclic amines) is 1. The number of carbonyl (C=O) groups is 16. The van der Waals surface area contributed by atoms with Crippen LogP contribution in [0.25, 0.3) is 0 Å². The third-order valence-electron chi connectivity index (χ3n) is 18.9. The molecule has 1 aliphatic carbocycles. The first-order valence-electron chi connectivity index (χ1n) is 37.8. The van der Waals surface area contributed by atoms with E-state index in [-0.39, 0.29) is 117 Å². The number of ether oxygens (including phenoxy) is 2. The van der Waals surface area contributed by atoms with E-state index in [1.807, 2.05) is 51.9 Å². The molecule has 115 heavy (non-hydrogen) atoms. The Morgan fingerprint density at radius 3 is 2.01 bits per heavy atom. The second kappa shape index (κ2) is 48.6. The Balaban J connectivity index is 1.04. The zero-order valence-corrected chi connectivity index (χ0v) is 67.6. The minimum absolute atomic E-state index is 0.0529. The predicted octanol–water partition coefficient (Wildman–Crippen LogP) is 3.95. The number of urea groups is 2. The monoisotopic (exact) mass is 1670 g/mol. The smallest absolute Gasteiger partial charge is 0.426 e. The lowest BCUT2D eigenvalue weighted by Gasteiger charge is -2.39. The van der Waals surface area contributed by atoms with E-state index in [2.05, 4.69) is 58.4 Å². The maximum Gasteiger partial charge on any atom is 0.426 e. The maximum atomic E-state index is 14.8. The maximum absolute atomic E-state index is 14.8. The molecule has 0 spiro atoms. The number of aromatic hydroxyl groups is 1. The second-order valence-electron chi connectivity index (χ2n) is 28.3. The zero-order valence-electron chi connectivity index (χ0n) is 65.1. The molecule has 2 aliphatic rings. The number of rotatable bonds is 47. The number of amides is 12. The van der Waals surface area contributed by atoms with Crippen LogP contribution in [0.2, 0.25) is 0 Å². The number of unbranched alkanes of at least 4 members (excludes halogenated alkanes) is 1. The third kappa shape index (κ3) is 33.4. The van der Waals surface area contributed by atoms with Gasteiger partial charge in [-0.25, -0.2) is 34.4 Å². The van der Waals surface area contributed by atoms with Crippen molar-refractivity contribution in [1.29, 1.82) is 0 Å². The van der Waals surface area contributed by atoms with Gasteiger partial charge in [0.05, 0.1) is 36.2 Å². The van der Waals surface area contributed by atoms with Gasteiger partial charge < -0.3 is 92.9 Å². The fraction of sp³-hybridized carbons (Fsp3) is 0.581. The summed E-state index contributed by atoms with van der Waals surface area (Å²) >= 11 is 1.25. The molecule has 17 N–H and O–H groups in total. The summed E-state index contributed by atoms with van der Waals surface area (Å²) in [4.78, 5) is 213. The van der Waals surface area contributed by atoms with Crippen LogP contribution in [0.4, 0.5) is 20.1 Å². The lowest BCUT2D eigenvalue weighted by Crippen LogP contribution is -2.59. The van der Waals surface area contributed by atoms with Gasteiger partial charge >= 0.3 is 54.0 Å². The highest BCUT2D eigenvalue weighted by Gasteiger charge is 2.40. The van der Waals surface area contributed by atoms with Gasteiger partial charge in [0.2, 0.25) is 35.4 Å². The van der Waals surface area contributed by atoms with Crippen LogP contribution in [-0.4, -0.2) is 240 Å². The summed E-state index contributed by atoms with van der Waals surface area (Å²) in [5.74, 6) is -13.5. The van der Waals surface area contributed by atoms with Gasteiger partial charge in [-0.1, -0.05) is 87.2 Å². The molecular weight excluding hydrogens is 1570 g/mol. The van der Waals surface area contributed by atoms with Crippen molar-refractivity contribution < 1.29 is 117 Å². The van der Waals surface area contributed by atoms with Crippen molar-refractivity contribution in [1.82, 2.24) is 68.2 Å². The van der Waals surface area contributed by atoms with Crippen LogP contribution in [0.15, 0.2) is 47.8 Å². The molecule has 0 bridgehead atoms. The summed E-state index contributed by atoms with van der Waals surface area (Å²) in [5, 5.41) is 81.9. The molecule has 0 saturated carbocycles. The average molecular weight is 1670 g/mol. The number of carboxylic acid groups (broad SMARTS) is 5. The minimum atomic E-state index is -1.78. The van der Waals surface area contributed by atoms with Crippen molar-refractivity contribution in [2.45, 2.75) is 217 Å². The van der Waals surface area contributed by atoms with Crippen molar-refractivity contribution in [2.24, 2.45) is 11.8 Å². The fourth-order valence-electron chi connectivity index (χ4n) is 12.5. The van der Waals surface area contributed by atoms with Crippen LogP contribution in [0.1, 0.15) is 176 Å². The zero-order chi connectivity index (χ0) is 85.0. The molecular formula is C74H106N14O24S3. The van der Waals surface area contributed by atoms with E-state index in [0.29, 0.717) is 53.8 Å². The number of anilines is 1. The first-order valence-corrected chi connectivity index (χ1v) is 41.2. The standard InChI is InChI=1S/C74H106N14O24S3/c1-8-14-62(97)112-39-88(69(103)63(41(5)9-2)84-68(102)56-16-11-13-28-87(56)7)55(40(3)4)24-25-58-80-54(38-113-58)67(101)77-46-32-44-19-22-47(89)34-48(44)49(33-46)64(98)85-86-74(110)111-29-30-114-115-37-42(6)76-65(99)53(36-61(95)96)81-66(100)52(35-60(93)94)79-57(90)31-43-17-20-45(21-18-43)78-72(108)75-27-12-10-15-50(70(104)105)82-73(109)83-51(71(106)107)23-26-59(91)92/h17-22,34,38,40-42,46,49-53,55-56,63,89H,8-16,23-33,35-37,39H2,1-7H3,(H,76,99)(H,77,101)(H,79,90)(H,81,100)(H,84,102)(H,85,98)(H,86,110)(H,91,92)(H,93,94)(H,95,96)(H,104,105)(H,106,107)(H2,75,78,108)(H2,82,83,109)/t41?,42-,46+,49-,50+,51+,52+,53+,55-,56-,63+/m1/s1. The molecule has 2 aromatic carbocycles. The lowest BCUT2D eigenvalue weighted by molar-refractivity contribution is -0.159. The molecule has 634 valence electrons. The molecule has 11 atom stereocenters. The number of hydrazine groups is 1. The van der Waals surface area contributed by atoms with Gasteiger partial charge in [-0.2, -0.15) is 0 Å². The van der Waals surface area contributed by atoms with Crippen molar-refractivity contribution >= 4 is 134 Å². The Morgan fingerprint density at radius 1 is 0.704 bits per heavy atom. The molecule has 1 saturated heterocycles. The number of aromatic nitrogens is 1. The number of hydrogen-bond acceptors (Lipinski definition) is 24. The van der Waals surface area contributed by atoms with Gasteiger partial charge in [-0.3, -0.25) is 63.1 Å². The van der Waals surface area contributed by atoms with Gasteiger partial charge in [0, 0.05) is 66.5 Å². The average Bonchev–Trinajstić information content (AvgIpc) is 1.36. The molecule has 3 aromatic rings. The lowest BCUT2D eigenvalue weighted by atomic mass is 9.79. The number of phenols is 1. The van der Waals surface area contributed by atoms with Crippen LogP contribution in [0, 0.1) is 11.8 Å². The van der Waals surface area contributed by atoms with Crippen molar-refractivity contribution in [2.75, 3.05) is 50.3 Å². The molecule has 5 rings (SSSR count). The van der Waals surface area contributed by atoms with E-state index >= 15 is 0 Å². The highest BCUT2D eigenvalue weighted by atomic mass is 33.1. The largest absolute Gasteiger partial charge is 0.508 e. The summed E-state index contributed by atoms with van der Waals surface area (Å²) in [6, 6.07) is -1.07. The number of phenolic OH excluding ortho intramolecular Hbond substituents is 1. The fourth-order valence-corrected chi connectivity index (χ4v) is 15.5. The SMILES string of the molecule is CCCC(=O)OCN(C(=O)[C@@H](NC(=O)[C@H]1CCCCN1C)C(C)CC)[C@H](CCc1nc(C(=O)N[C@H]2Cc3ccc(O)cc3[C@H](C(=O)NNC(=O)OCCSSC[C@@H](C)NC(=O)[C@H](CC(=O)O)NC(=O)[C@H](CC(=O)O)NC(=O)Cc3ccc(NC(=O)NCCCC[C@H](NC(=O)N[C@@H](CCC(=O)O)C(=O)O)C(=O)O)cc3)C2)cs1)C(C)C. The van der Waals surface area contributed by atoms with Crippen molar-refractivity contribution in [3.8, 4) is 5.75 Å². The number of fused-ring (bicyclic) bond motifs is 1. The molecule has 1 aromatic heterocycles. The van der Waals surface area contributed by atoms with E-state index in [1.54, 1.807) is 23.3 Å². The molecule has 2 heterocycles. The third-order valence-corrected chi connectivity index (χ3v) is 22.3. The number of likely N-dealkylation sites (N-methyl/N-ethyl adjacent to an activating group) is 1. The number of piperidine rings is 1. The van der Waals surface area contributed by atoms with Gasteiger partial charge in [0.25, 0.3) is 5.91 Å². The van der Waals surface area contributed by atoms with Gasteiger partial charge in [-0.05, 0) is 138 Å². The summed E-state index contributed by atoms with van der Waals surface area (Å²) in [6.45, 7) is 11.5. The quantitative estimate of drug-likeness (QED) is 0.0125. The number of thiazole rings is 1. The molecule has 1 fully saturated rings. The Kier molecular flexibility index (Phi) is 40.2. The summed E-state index contributed by atoms with van der Waals surface area (Å²) in [6.07, 6.45) is 0.890. The van der Waals surface area contributed by atoms with Crippen LogP contribution in [0.3, 0.4) is 0 Å². The van der Waals surface area contributed by atoms with E-state index in [4.69, 9.17) is 14.6 Å². The first kappa shape index (κ1) is 95.0. The molecule has 12 amide bonds. The molecule has 38 nitrogen and oxygen atoms in total. The van der Waals surface area contributed by atoms with Crippen LogP contribution in [0.5, 0.6) is 5.75 Å². The molecule has 0 radical (unpaired) electrons. The summed E-state index contributed by atoms with van der Waals surface area (Å²) < 4.78 is 10.9. The summed E-state index contributed by atoms with van der Waals surface area (Å²) in [7, 11) is 4.35. The van der Waals surface area contributed by atoms with E-state index in [9.17, 15) is 102 Å². The van der Waals surface area contributed by atoms with Crippen molar-refractivity contribution in [3.05, 3.63) is 75.2 Å². The van der Waals surface area contributed by atoms with Crippen LogP contribution >= 0.6 is 32.9 Å². The van der Waals surface area contributed by atoms with Gasteiger partial charge in [0.1, 0.15) is 48.3 Å². The number of nitrogens with zero attached hydrogens (tertiary/aromatic N) is 3. The molecule has 41 heteroatoms. The van der Waals surface area contributed by atoms with Crippen LogP contribution in [-0.2, 0) is 86.3 Å². The number of benzene rings is 2. The minimum Gasteiger partial charge on any atom is -0.508 e. The van der Waals surface area contributed by atoms with E-state index < -0.39 is 170 Å². The number of aliphatic carboxylic acids is 5. The highest BCUT2D eigenvalue weighted by Crippen LogP contribution is 2.35. The van der Waals surface area contributed by atoms with E-state index in [1.165, 1.54) is 69.3 Å².